The zero-order valence-electron chi connectivity index (χ0n) is 10.1. The van der Waals surface area contributed by atoms with E-state index in [-0.39, 0.29) is 5.97 Å². The van der Waals surface area contributed by atoms with E-state index in [1.54, 1.807) is 11.8 Å². The van der Waals surface area contributed by atoms with Crippen LogP contribution in [-0.4, -0.2) is 42.4 Å². The Morgan fingerprint density at radius 2 is 2.47 bits per heavy atom. The van der Waals surface area contributed by atoms with Gasteiger partial charge in [-0.15, -0.1) is 0 Å². The Kier molecular flexibility index (Phi) is 7.55. The molecule has 0 aromatic heterocycles. The van der Waals surface area contributed by atoms with Crippen molar-refractivity contribution in [3.63, 3.8) is 0 Å². The van der Waals surface area contributed by atoms with E-state index in [4.69, 9.17) is 17.0 Å². The zero-order valence-corrected chi connectivity index (χ0v) is 11.7. The third kappa shape index (κ3) is 6.85. The predicted molar refractivity (Wildman–Crippen MR) is 73.3 cm³/mol. The normalized spacial score (nSPS) is 19.0. The number of esters is 1. The minimum Gasteiger partial charge on any atom is -0.469 e. The lowest BCUT2D eigenvalue weighted by molar-refractivity contribution is -0.140. The van der Waals surface area contributed by atoms with Crippen molar-refractivity contribution in [1.29, 1.82) is 0 Å². The molecule has 0 radical (unpaired) electrons. The van der Waals surface area contributed by atoms with E-state index in [0.29, 0.717) is 12.5 Å². The highest BCUT2D eigenvalue weighted by atomic mass is 32.2. The number of hydrogen-bond acceptors (Lipinski definition) is 5. The van der Waals surface area contributed by atoms with Crippen molar-refractivity contribution in [2.75, 3.05) is 26.0 Å². The molecule has 0 aromatic carbocycles. The number of thioether (sulfide) groups is 1. The number of nitrogens with one attached hydrogen (secondary N) is 1. The van der Waals surface area contributed by atoms with Crippen molar-refractivity contribution >= 4 is 34.3 Å². The first-order valence-electron chi connectivity index (χ1n) is 5.81. The highest BCUT2D eigenvalue weighted by Gasteiger charge is 2.15. The summed E-state index contributed by atoms with van der Waals surface area (Å²) < 4.78 is 10.8. The summed E-state index contributed by atoms with van der Waals surface area (Å²) in [6.07, 6.45) is 3.81. The van der Waals surface area contributed by atoms with Crippen molar-refractivity contribution in [2.24, 2.45) is 0 Å². The van der Waals surface area contributed by atoms with E-state index in [2.05, 4.69) is 10.1 Å². The summed E-state index contributed by atoms with van der Waals surface area (Å²) in [6, 6.07) is 0. The molecule has 0 aromatic rings. The number of hydrogen-bond donors (Lipinski definition) is 1. The average Bonchev–Trinajstić information content (AvgIpc) is 2.84. The predicted octanol–water partition coefficient (Wildman–Crippen LogP) is 1.73. The van der Waals surface area contributed by atoms with Gasteiger partial charge >= 0.3 is 5.97 Å². The van der Waals surface area contributed by atoms with Gasteiger partial charge in [-0.3, -0.25) is 4.79 Å². The summed E-state index contributed by atoms with van der Waals surface area (Å²) in [7, 11) is 1.41. The maximum absolute atomic E-state index is 10.9. The number of rotatable bonds is 6. The van der Waals surface area contributed by atoms with Crippen LogP contribution >= 0.6 is 24.0 Å². The van der Waals surface area contributed by atoms with Gasteiger partial charge in [0.1, 0.15) is 4.32 Å². The Balaban J connectivity index is 1.95. The first-order valence-corrected chi connectivity index (χ1v) is 7.21. The van der Waals surface area contributed by atoms with Gasteiger partial charge in [0, 0.05) is 25.3 Å². The fourth-order valence-electron chi connectivity index (χ4n) is 1.54. The topological polar surface area (TPSA) is 47.6 Å². The highest BCUT2D eigenvalue weighted by Crippen LogP contribution is 2.12. The molecule has 0 unspecified atom stereocenters. The summed E-state index contributed by atoms with van der Waals surface area (Å²) >= 11 is 6.75. The minimum atomic E-state index is -0.163. The fourth-order valence-corrected chi connectivity index (χ4v) is 2.53. The Morgan fingerprint density at radius 3 is 3.12 bits per heavy atom. The van der Waals surface area contributed by atoms with Crippen LogP contribution in [0.1, 0.15) is 25.7 Å². The van der Waals surface area contributed by atoms with E-state index < -0.39 is 0 Å². The van der Waals surface area contributed by atoms with Gasteiger partial charge in [-0.2, -0.15) is 0 Å². The van der Waals surface area contributed by atoms with Crippen molar-refractivity contribution in [1.82, 2.24) is 5.32 Å². The fraction of sp³-hybridized carbons (Fsp3) is 0.818. The summed E-state index contributed by atoms with van der Waals surface area (Å²) in [5.74, 6) is 0.677. The average molecular weight is 277 g/mol. The van der Waals surface area contributed by atoms with Crippen LogP contribution in [0.4, 0.5) is 0 Å². The maximum atomic E-state index is 10.9. The molecule has 1 heterocycles. The van der Waals surface area contributed by atoms with Gasteiger partial charge in [-0.25, -0.2) is 0 Å². The van der Waals surface area contributed by atoms with Gasteiger partial charge in [0.05, 0.1) is 13.2 Å². The summed E-state index contributed by atoms with van der Waals surface area (Å²) in [6.45, 7) is 1.66. The summed E-state index contributed by atoms with van der Waals surface area (Å²) in [5.41, 5.74) is 0. The van der Waals surface area contributed by atoms with Gasteiger partial charge in [0.2, 0.25) is 0 Å². The molecule has 0 aliphatic carbocycles. The second-order valence-corrected chi connectivity index (χ2v) is 5.60. The van der Waals surface area contributed by atoms with Crippen LogP contribution < -0.4 is 5.32 Å². The van der Waals surface area contributed by atoms with Crippen LogP contribution in [0.25, 0.3) is 0 Å². The third-order valence-corrected chi connectivity index (χ3v) is 3.88. The number of thiocarbonyl (C=S) groups is 1. The van der Waals surface area contributed by atoms with Crippen LogP contribution in [0.2, 0.25) is 0 Å². The Hall–Kier alpha value is -0.330. The molecule has 1 rings (SSSR count). The largest absolute Gasteiger partial charge is 0.469 e. The molecule has 17 heavy (non-hydrogen) atoms. The van der Waals surface area contributed by atoms with Crippen molar-refractivity contribution in [3.05, 3.63) is 0 Å². The number of carbonyl (C=O) groups excluding carboxylic acids is 1. The number of carbonyl (C=O) groups is 1. The molecule has 0 saturated carbocycles. The van der Waals surface area contributed by atoms with E-state index in [9.17, 15) is 4.79 Å². The van der Waals surface area contributed by atoms with Gasteiger partial charge in [-0.1, -0.05) is 24.0 Å². The zero-order chi connectivity index (χ0) is 12.5. The molecule has 1 fully saturated rings. The van der Waals surface area contributed by atoms with Crippen LogP contribution in [0.5, 0.6) is 0 Å². The van der Waals surface area contributed by atoms with E-state index in [1.165, 1.54) is 7.11 Å². The molecule has 1 N–H and O–H groups in total. The molecule has 6 heteroatoms. The van der Waals surface area contributed by atoms with Crippen LogP contribution in [0.3, 0.4) is 0 Å². The maximum Gasteiger partial charge on any atom is 0.305 e. The Morgan fingerprint density at radius 1 is 1.65 bits per heavy atom. The van der Waals surface area contributed by atoms with Crippen LogP contribution in [-0.2, 0) is 14.3 Å². The molecular formula is C11H19NO3S2. The van der Waals surface area contributed by atoms with Gasteiger partial charge in [-0.05, 0) is 19.3 Å². The van der Waals surface area contributed by atoms with Crippen LogP contribution in [0.15, 0.2) is 0 Å². The molecule has 1 saturated heterocycles. The number of methoxy groups -OCH3 is 1. The smallest absolute Gasteiger partial charge is 0.305 e. The molecule has 0 spiro atoms. The van der Waals surface area contributed by atoms with Gasteiger partial charge in [0.25, 0.3) is 0 Å². The number of ether oxygens (including phenoxy) is 2. The van der Waals surface area contributed by atoms with E-state index in [0.717, 1.165) is 42.5 Å². The Bertz CT molecular complexity index is 255. The van der Waals surface area contributed by atoms with E-state index >= 15 is 0 Å². The minimum absolute atomic E-state index is 0.163. The standard InChI is InChI=1S/C11H19NO3S2/c1-14-10(13)5-3-7-17-11(16)12-8-9-4-2-6-15-9/h9H,2-8H2,1H3,(H,12,16)/t9-/m0/s1. The molecule has 4 nitrogen and oxygen atoms in total. The molecule has 1 aliphatic rings. The van der Waals surface area contributed by atoms with E-state index in [1.807, 2.05) is 0 Å². The molecule has 0 bridgehead atoms. The second kappa shape index (κ2) is 8.72. The second-order valence-electron chi connectivity index (χ2n) is 3.83. The van der Waals surface area contributed by atoms with Crippen molar-refractivity contribution in [3.8, 4) is 0 Å². The summed E-state index contributed by atoms with van der Waals surface area (Å²) in [4.78, 5) is 10.9. The summed E-state index contributed by atoms with van der Waals surface area (Å²) in [5, 5.41) is 3.18. The first kappa shape index (κ1) is 14.7. The monoisotopic (exact) mass is 277 g/mol. The lowest BCUT2D eigenvalue weighted by Crippen LogP contribution is -2.29. The lowest BCUT2D eigenvalue weighted by Gasteiger charge is -2.11. The Labute approximate surface area is 112 Å². The first-order chi connectivity index (χ1) is 8.22. The third-order valence-electron chi connectivity index (χ3n) is 2.48. The van der Waals surface area contributed by atoms with Crippen molar-refractivity contribution < 1.29 is 14.3 Å². The quantitative estimate of drug-likeness (QED) is 0.453. The lowest BCUT2D eigenvalue weighted by atomic mass is 10.2. The van der Waals surface area contributed by atoms with Crippen molar-refractivity contribution in [2.45, 2.75) is 31.8 Å². The highest BCUT2D eigenvalue weighted by molar-refractivity contribution is 8.22. The van der Waals surface area contributed by atoms with Crippen LogP contribution in [0, 0.1) is 0 Å². The molecule has 1 aliphatic heterocycles. The molecular weight excluding hydrogens is 258 g/mol. The molecule has 98 valence electrons. The molecule has 1 atom stereocenters. The molecule has 0 amide bonds. The van der Waals surface area contributed by atoms with Gasteiger partial charge in [0.15, 0.2) is 0 Å². The SMILES string of the molecule is COC(=O)CCCSC(=S)NC[C@@H]1CCCO1. The van der Waals surface area contributed by atoms with Gasteiger partial charge < -0.3 is 14.8 Å².